The van der Waals surface area contributed by atoms with E-state index in [0.29, 0.717) is 12.2 Å². The largest absolute Gasteiger partial charge is 0.462 e. The molecule has 0 radical (unpaired) electrons. The van der Waals surface area contributed by atoms with Crippen molar-refractivity contribution in [1.82, 2.24) is 4.98 Å². The summed E-state index contributed by atoms with van der Waals surface area (Å²) in [5, 5.41) is 0. The SMILES string of the molecule is CCOC(=O)c1ccc(N2CCCCC2C(C)=O)nc1. The monoisotopic (exact) mass is 276 g/mol. The Morgan fingerprint density at radius 2 is 2.20 bits per heavy atom. The second kappa shape index (κ2) is 6.50. The van der Waals surface area contributed by atoms with Gasteiger partial charge in [-0.25, -0.2) is 9.78 Å². The van der Waals surface area contributed by atoms with Crippen LogP contribution < -0.4 is 4.90 Å². The standard InChI is InChI=1S/C15H20N2O3/c1-3-20-15(19)12-7-8-14(16-10-12)17-9-5-4-6-13(17)11(2)18/h7-8,10,13H,3-6,9H2,1-2H3. The third kappa shape index (κ3) is 3.15. The average molecular weight is 276 g/mol. The Balaban J connectivity index is 2.15. The Hall–Kier alpha value is -1.91. The van der Waals surface area contributed by atoms with Crippen LogP contribution >= 0.6 is 0 Å². The molecule has 20 heavy (non-hydrogen) atoms. The Morgan fingerprint density at radius 3 is 2.80 bits per heavy atom. The molecular formula is C15H20N2O3. The van der Waals surface area contributed by atoms with E-state index in [-0.39, 0.29) is 17.8 Å². The molecule has 1 aliphatic rings. The molecule has 1 aromatic rings. The molecule has 1 atom stereocenters. The molecule has 1 aliphatic heterocycles. The van der Waals surface area contributed by atoms with Gasteiger partial charge in [-0.1, -0.05) is 0 Å². The van der Waals surface area contributed by atoms with Crippen molar-refractivity contribution in [2.45, 2.75) is 39.2 Å². The first-order valence-corrected chi connectivity index (χ1v) is 7.03. The number of ketones is 1. The highest BCUT2D eigenvalue weighted by Gasteiger charge is 2.27. The van der Waals surface area contributed by atoms with E-state index in [1.165, 1.54) is 6.20 Å². The molecule has 1 saturated heterocycles. The van der Waals surface area contributed by atoms with E-state index in [9.17, 15) is 9.59 Å². The number of carbonyl (C=O) groups is 2. The van der Waals surface area contributed by atoms with Gasteiger partial charge in [-0.3, -0.25) is 4.79 Å². The number of piperidine rings is 1. The van der Waals surface area contributed by atoms with E-state index in [1.807, 2.05) is 4.90 Å². The molecule has 5 heteroatoms. The predicted octanol–water partition coefficient (Wildman–Crippen LogP) is 2.21. The van der Waals surface area contributed by atoms with Crippen molar-refractivity contribution in [3.05, 3.63) is 23.9 Å². The first-order chi connectivity index (χ1) is 9.63. The first-order valence-electron chi connectivity index (χ1n) is 7.03. The number of Topliss-reactive ketones (excluding diaryl/α,β-unsaturated/α-hetero) is 1. The second-order valence-electron chi connectivity index (χ2n) is 4.94. The average Bonchev–Trinajstić information content (AvgIpc) is 2.47. The number of carbonyl (C=O) groups excluding carboxylic acids is 2. The highest BCUT2D eigenvalue weighted by molar-refractivity contribution is 5.89. The molecule has 0 saturated carbocycles. The number of anilines is 1. The van der Waals surface area contributed by atoms with Crippen LogP contribution in [0.1, 0.15) is 43.5 Å². The molecule has 1 fully saturated rings. The van der Waals surface area contributed by atoms with Crippen molar-refractivity contribution >= 4 is 17.6 Å². The summed E-state index contributed by atoms with van der Waals surface area (Å²) in [4.78, 5) is 29.6. The van der Waals surface area contributed by atoms with Gasteiger partial charge in [0.15, 0.2) is 5.78 Å². The zero-order valence-electron chi connectivity index (χ0n) is 12.0. The summed E-state index contributed by atoms with van der Waals surface area (Å²) in [5.74, 6) is 0.548. The smallest absolute Gasteiger partial charge is 0.339 e. The molecule has 1 unspecified atom stereocenters. The van der Waals surface area contributed by atoms with E-state index >= 15 is 0 Å². The molecule has 0 spiro atoms. The second-order valence-corrected chi connectivity index (χ2v) is 4.94. The van der Waals surface area contributed by atoms with E-state index in [1.54, 1.807) is 26.0 Å². The molecule has 108 valence electrons. The van der Waals surface area contributed by atoms with Crippen LogP contribution in [-0.4, -0.2) is 35.9 Å². The number of pyridine rings is 1. The van der Waals surface area contributed by atoms with Crippen molar-refractivity contribution in [2.75, 3.05) is 18.1 Å². The number of hydrogen-bond acceptors (Lipinski definition) is 5. The summed E-state index contributed by atoms with van der Waals surface area (Å²) >= 11 is 0. The van der Waals surface area contributed by atoms with Gasteiger partial charge in [0.2, 0.25) is 0 Å². The molecule has 2 rings (SSSR count). The lowest BCUT2D eigenvalue weighted by Crippen LogP contribution is -2.44. The van der Waals surface area contributed by atoms with Gasteiger partial charge < -0.3 is 9.64 Å². The number of hydrogen-bond donors (Lipinski definition) is 0. The van der Waals surface area contributed by atoms with E-state index in [4.69, 9.17) is 4.74 Å². The van der Waals surface area contributed by atoms with Crippen molar-refractivity contribution in [1.29, 1.82) is 0 Å². The molecule has 0 aliphatic carbocycles. The molecule has 0 aromatic carbocycles. The van der Waals surface area contributed by atoms with Gasteiger partial charge in [-0.2, -0.15) is 0 Å². The molecule has 0 bridgehead atoms. The fraction of sp³-hybridized carbons (Fsp3) is 0.533. The van der Waals surface area contributed by atoms with Crippen molar-refractivity contribution in [3.63, 3.8) is 0 Å². The van der Waals surface area contributed by atoms with Crippen LogP contribution in [-0.2, 0) is 9.53 Å². The van der Waals surface area contributed by atoms with Crippen molar-refractivity contribution in [3.8, 4) is 0 Å². The fourth-order valence-corrected chi connectivity index (χ4v) is 2.52. The summed E-state index contributed by atoms with van der Waals surface area (Å²) in [6.07, 6.45) is 4.52. The minimum absolute atomic E-state index is 0.0929. The van der Waals surface area contributed by atoms with Crippen LogP contribution in [0.25, 0.3) is 0 Å². The number of esters is 1. The fourth-order valence-electron chi connectivity index (χ4n) is 2.52. The van der Waals surface area contributed by atoms with Crippen LogP contribution in [0.3, 0.4) is 0 Å². The zero-order valence-corrected chi connectivity index (χ0v) is 12.0. The Morgan fingerprint density at radius 1 is 1.40 bits per heavy atom. The maximum Gasteiger partial charge on any atom is 0.339 e. The van der Waals surface area contributed by atoms with Crippen LogP contribution in [0.2, 0.25) is 0 Å². The molecule has 2 heterocycles. The summed E-state index contributed by atoms with van der Waals surface area (Å²) in [5.41, 5.74) is 0.437. The highest BCUT2D eigenvalue weighted by Crippen LogP contribution is 2.23. The van der Waals surface area contributed by atoms with E-state index in [0.717, 1.165) is 31.6 Å². The van der Waals surface area contributed by atoms with Gasteiger partial charge in [0.25, 0.3) is 0 Å². The van der Waals surface area contributed by atoms with E-state index in [2.05, 4.69) is 4.98 Å². The summed E-state index contributed by atoms with van der Waals surface area (Å²) < 4.78 is 4.93. The number of aromatic nitrogens is 1. The van der Waals surface area contributed by atoms with Crippen molar-refractivity contribution in [2.24, 2.45) is 0 Å². The zero-order chi connectivity index (χ0) is 14.5. The minimum atomic E-state index is -0.367. The lowest BCUT2D eigenvalue weighted by Gasteiger charge is -2.35. The summed E-state index contributed by atoms with van der Waals surface area (Å²) in [7, 11) is 0. The van der Waals surface area contributed by atoms with Gasteiger partial charge in [0, 0.05) is 12.7 Å². The minimum Gasteiger partial charge on any atom is -0.462 e. The summed E-state index contributed by atoms with van der Waals surface area (Å²) in [6, 6.07) is 3.39. The number of rotatable bonds is 4. The quantitative estimate of drug-likeness (QED) is 0.789. The topological polar surface area (TPSA) is 59.5 Å². The maximum atomic E-state index is 11.7. The maximum absolute atomic E-state index is 11.7. The number of nitrogens with zero attached hydrogens (tertiary/aromatic N) is 2. The van der Waals surface area contributed by atoms with Gasteiger partial charge >= 0.3 is 5.97 Å². The normalized spacial score (nSPS) is 18.7. The molecular weight excluding hydrogens is 256 g/mol. The molecule has 0 amide bonds. The van der Waals surface area contributed by atoms with Crippen LogP contribution in [0, 0.1) is 0 Å². The highest BCUT2D eigenvalue weighted by atomic mass is 16.5. The Labute approximate surface area is 118 Å². The third-order valence-corrected chi connectivity index (χ3v) is 3.53. The van der Waals surface area contributed by atoms with Crippen molar-refractivity contribution < 1.29 is 14.3 Å². The van der Waals surface area contributed by atoms with Gasteiger partial charge in [-0.05, 0) is 45.2 Å². The predicted molar refractivity (Wildman–Crippen MR) is 75.9 cm³/mol. The molecule has 1 aromatic heterocycles. The molecule has 0 N–H and O–H groups in total. The molecule has 5 nitrogen and oxygen atoms in total. The third-order valence-electron chi connectivity index (χ3n) is 3.53. The van der Waals surface area contributed by atoms with Crippen LogP contribution in [0.5, 0.6) is 0 Å². The van der Waals surface area contributed by atoms with Gasteiger partial charge in [-0.15, -0.1) is 0 Å². The Kier molecular flexibility index (Phi) is 4.71. The summed E-state index contributed by atoms with van der Waals surface area (Å²) in [6.45, 7) is 4.57. The van der Waals surface area contributed by atoms with Gasteiger partial charge in [0.1, 0.15) is 5.82 Å². The number of ether oxygens (including phenoxy) is 1. The van der Waals surface area contributed by atoms with Gasteiger partial charge in [0.05, 0.1) is 18.2 Å². The van der Waals surface area contributed by atoms with Crippen LogP contribution in [0.15, 0.2) is 18.3 Å². The Bertz CT molecular complexity index is 484. The lowest BCUT2D eigenvalue weighted by molar-refractivity contribution is -0.118. The lowest BCUT2D eigenvalue weighted by atomic mass is 9.99. The van der Waals surface area contributed by atoms with Crippen LogP contribution in [0.4, 0.5) is 5.82 Å². The van der Waals surface area contributed by atoms with E-state index < -0.39 is 0 Å². The first kappa shape index (κ1) is 14.5.